The third kappa shape index (κ3) is 5.53. The number of hydrogen-bond acceptors (Lipinski definition) is 2. The second-order valence-electron chi connectivity index (χ2n) is 5.14. The van der Waals surface area contributed by atoms with Gasteiger partial charge in [0, 0.05) is 0 Å². The minimum atomic E-state index is -0.159. The smallest absolute Gasteiger partial charge is 0.0524 e. The number of nitrogens with one attached hydrogen (secondary N) is 1. The van der Waals surface area contributed by atoms with Crippen LogP contribution in [0.3, 0.4) is 0 Å². The molecule has 1 saturated carbocycles. The van der Waals surface area contributed by atoms with E-state index < -0.39 is 0 Å². The summed E-state index contributed by atoms with van der Waals surface area (Å²) < 4.78 is 0. The summed E-state index contributed by atoms with van der Waals surface area (Å²) in [5.74, 6) is 1.89. The Morgan fingerprint density at radius 1 is 1.20 bits per heavy atom. The molecule has 1 unspecified atom stereocenters. The van der Waals surface area contributed by atoms with Crippen molar-refractivity contribution in [3.05, 3.63) is 0 Å². The first-order valence-corrected chi connectivity index (χ1v) is 6.61. The minimum absolute atomic E-state index is 0.159. The van der Waals surface area contributed by atoms with Crippen LogP contribution in [0.15, 0.2) is 0 Å². The van der Waals surface area contributed by atoms with E-state index in [1.807, 2.05) is 6.92 Å². The average molecular weight is 213 g/mol. The van der Waals surface area contributed by atoms with Crippen LogP contribution in [-0.2, 0) is 0 Å². The summed E-state index contributed by atoms with van der Waals surface area (Å²) in [5, 5.41) is 12.6. The lowest BCUT2D eigenvalue weighted by molar-refractivity contribution is 0.181. The molecule has 1 fully saturated rings. The molecule has 2 heteroatoms. The van der Waals surface area contributed by atoms with Crippen LogP contribution in [0.4, 0.5) is 0 Å². The van der Waals surface area contributed by atoms with Gasteiger partial charge in [-0.2, -0.15) is 0 Å². The average Bonchev–Trinajstić information content (AvgIpc) is 2.25. The van der Waals surface area contributed by atoms with Crippen LogP contribution in [-0.4, -0.2) is 24.3 Å². The van der Waals surface area contributed by atoms with Crippen LogP contribution in [0.5, 0.6) is 0 Å². The van der Waals surface area contributed by atoms with Gasteiger partial charge in [0.05, 0.1) is 6.10 Å². The van der Waals surface area contributed by atoms with E-state index in [1.54, 1.807) is 0 Å². The van der Waals surface area contributed by atoms with Gasteiger partial charge in [0.15, 0.2) is 0 Å². The van der Waals surface area contributed by atoms with Crippen LogP contribution in [0.25, 0.3) is 0 Å². The fraction of sp³-hybridized carbons (Fsp3) is 1.00. The highest BCUT2D eigenvalue weighted by atomic mass is 16.3. The molecule has 0 saturated heterocycles. The van der Waals surface area contributed by atoms with Crippen molar-refractivity contribution < 1.29 is 5.11 Å². The van der Waals surface area contributed by atoms with Crippen LogP contribution in [0.1, 0.15) is 52.4 Å². The van der Waals surface area contributed by atoms with Crippen molar-refractivity contribution in [2.75, 3.05) is 13.1 Å². The van der Waals surface area contributed by atoms with Crippen molar-refractivity contribution in [1.29, 1.82) is 0 Å². The number of aliphatic hydroxyl groups excluding tert-OH is 1. The van der Waals surface area contributed by atoms with Gasteiger partial charge in [-0.1, -0.05) is 26.2 Å². The van der Waals surface area contributed by atoms with Crippen LogP contribution in [0, 0.1) is 11.8 Å². The maximum atomic E-state index is 9.12. The second kappa shape index (κ2) is 7.24. The summed E-state index contributed by atoms with van der Waals surface area (Å²) in [4.78, 5) is 0. The Morgan fingerprint density at radius 2 is 1.80 bits per heavy atom. The summed E-state index contributed by atoms with van der Waals surface area (Å²) >= 11 is 0. The first-order valence-electron chi connectivity index (χ1n) is 6.61. The van der Waals surface area contributed by atoms with Crippen molar-refractivity contribution in [1.82, 2.24) is 5.32 Å². The third-order valence-corrected chi connectivity index (χ3v) is 3.72. The quantitative estimate of drug-likeness (QED) is 0.665. The van der Waals surface area contributed by atoms with Gasteiger partial charge in [-0.3, -0.25) is 0 Å². The van der Waals surface area contributed by atoms with Crippen molar-refractivity contribution >= 4 is 0 Å². The van der Waals surface area contributed by atoms with E-state index in [2.05, 4.69) is 12.2 Å². The Bertz CT molecular complexity index is 151. The molecule has 2 nitrogen and oxygen atoms in total. The minimum Gasteiger partial charge on any atom is -0.393 e. The summed E-state index contributed by atoms with van der Waals surface area (Å²) in [7, 11) is 0. The van der Waals surface area contributed by atoms with Crippen molar-refractivity contribution in [3.8, 4) is 0 Å². The van der Waals surface area contributed by atoms with Crippen LogP contribution >= 0.6 is 0 Å². The Kier molecular flexibility index (Phi) is 6.26. The van der Waals surface area contributed by atoms with Crippen LogP contribution < -0.4 is 5.32 Å². The van der Waals surface area contributed by atoms with E-state index in [1.165, 1.54) is 32.1 Å². The SMILES string of the molecule is CCC1CCC(CNCCC(C)O)CC1. The molecular formula is C13H27NO. The Hall–Kier alpha value is -0.0800. The van der Waals surface area contributed by atoms with E-state index in [-0.39, 0.29) is 6.10 Å². The van der Waals surface area contributed by atoms with Gasteiger partial charge >= 0.3 is 0 Å². The van der Waals surface area contributed by atoms with E-state index in [9.17, 15) is 0 Å². The van der Waals surface area contributed by atoms with Crippen molar-refractivity contribution in [3.63, 3.8) is 0 Å². The fourth-order valence-electron chi connectivity index (χ4n) is 2.46. The largest absolute Gasteiger partial charge is 0.393 e. The van der Waals surface area contributed by atoms with Gasteiger partial charge in [-0.05, 0) is 51.1 Å². The van der Waals surface area contributed by atoms with E-state index in [0.29, 0.717) is 0 Å². The second-order valence-corrected chi connectivity index (χ2v) is 5.14. The maximum Gasteiger partial charge on any atom is 0.0524 e. The lowest BCUT2D eigenvalue weighted by Crippen LogP contribution is -2.28. The van der Waals surface area contributed by atoms with Gasteiger partial charge in [0.25, 0.3) is 0 Å². The molecule has 0 aliphatic heterocycles. The molecule has 15 heavy (non-hydrogen) atoms. The molecule has 0 bridgehead atoms. The zero-order valence-corrected chi connectivity index (χ0v) is 10.3. The van der Waals surface area contributed by atoms with Gasteiger partial charge in [-0.25, -0.2) is 0 Å². The molecular weight excluding hydrogens is 186 g/mol. The highest BCUT2D eigenvalue weighted by molar-refractivity contribution is 4.73. The Morgan fingerprint density at radius 3 is 2.33 bits per heavy atom. The van der Waals surface area contributed by atoms with Gasteiger partial charge in [0.2, 0.25) is 0 Å². The maximum absolute atomic E-state index is 9.12. The molecule has 0 heterocycles. The predicted octanol–water partition coefficient (Wildman–Crippen LogP) is 2.56. The predicted molar refractivity (Wildman–Crippen MR) is 64.9 cm³/mol. The number of rotatable bonds is 6. The highest BCUT2D eigenvalue weighted by Crippen LogP contribution is 2.29. The molecule has 0 aromatic heterocycles. The molecule has 1 atom stereocenters. The van der Waals surface area contributed by atoms with Gasteiger partial charge in [-0.15, -0.1) is 0 Å². The zero-order valence-electron chi connectivity index (χ0n) is 10.3. The Labute approximate surface area is 94.5 Å². The molecule has 0 spiro atoms. The van der Waals surface area contributed by atoms with Crippen LogP contribution in [0.2, 0.25) is 0 Å². The molecule has 0 aromatic carbocycles. The lowest BCUT2D eigenvalue weighted by Gasteiger charge is -2.28. The zero-order chi connectivity index (χ0) is 11.1. The van der Waals surface area contributed by atoms with Crippen molar-refractivity contribution in [2.45, 2.75) is 58.5 Å². The molecule has 0 aromatic rings. The molecule has 1 rings (SSSR count). The summed E-state index contributed by atoms with van der Waals surface area (Å²) in [6, 6.07) is 0. The molecule has 1 aliphatic rings. The standard InChI is InChI=1S/C13H27NO/c1-3-12-4-6-13(7-5-12)10-14-9-8-11(2)15/h11-15H,3-10H2,1-2H3. The third-order valence-electron chi connectivity index (χ3n) is 3.72. The highest BCUT2D eigenvalue weighted by Gasteiger charge is 2.19. The van der Waals surface area contributed by atoms with E-state index >= 15 is 0 Å². The lowest BCUT2D eigenvalue weighted by atomic mass is 9.81. The summed E-state index contributed by atoms with van der Waals surface area (Å²) in [6.45, 7) is 6.29. The van der Waals surface area contributed by atoms with Gasteiger partial charge in [0.1, 0.15) is 0 Å². The fourth-order valence-corrected chi connectivity index (χ4v) is 2.46. The molecule has 0 amide bonds. The number of hydrogen-bond donors (Lipinski definition) is 2. The molecule has 90 valence electrons. The van der Waals surface area contributed by atoms with Gasteiger partial charge < -0.3 is 10.4 Å². The van der Waals surface area contributed by atoms with E-state index in [0.717, 1.165) is 31.3 Å². The van der Waals surface area contributed by atoms with E-state index in [4.69, 9.17) is 5.11 Å². The molecule has 0 radical (unpaired) electrons. The first kappa shape index (κ1) is 13.0. The molecule has 1 aliphatic carbocycles. The summed E-state index contributed by atoms with van der Waals surface area (Å²) in [5.41, 5.74) is 0. The topological polar surface area (TPSA) is 32.3 Å². The first-order chi connectivity index (χ1) is 7.22. The summed E-state index contributed by atoms with van der Waals surface area (Å²) in [6.07, 6.45) is 7.75. The number of aliphatic hydroxyl groups is 1. The Balaban J connectivity index is 1.99. The monoisotopic (exact) mass is 213 g/mol. The molecule has 2 N–H and O–H groups in total. The normalized spacial score (nSPS) is 29.0. The van der Waals surface area contributed by atoms with Crippen molar-refractivity contribution in [2.24, 2.45) is 11.8 Å².